The maximum atomic E-state index is 12.4. The van der Waals surface area contributed by atoms with Gasteiger partial charge in [-0.2, -0.15) is 0 Å². The van der Waals surface area contributed by atoms with E-state index in [0.717, 1.165) is 27.3 Å². The molecular weight excluding hydrogens is 370 g/mol. The predicted octanol–water partition coefficient (Wildman–Crippen LogP) is 4.07. The number of imidazole rings is 1. The first-order chi connectivity index (χ1) is 12.7. The second-order valence-corrected chi connectivity index (χ2v) is 7.11. The largest absolute Gasteiger partial charge is 0.495 e. The van der Waals surface area contributed by atoms with Crippen LogP contribution in [0, 0.1) is 0 Å². The van der Waals surface area contributed by atoms with Crippen LogP contribution in [0.5, 0.6) is 5.75 Å². The molecule has 0 atom stereocenters. The zero-order chi connectivity index (χ0) is 18.1. The van der Waals surface area contributed by atoms with Crippen molar-refractivity contribution in [2.45, 2.75) is 13.0 Å². The summed E-state index contributed by atoms with van der Waals surface area (Å²) in [6.45, 7) is 0.417. The number of rotatable bonds is 5. The highest BCUT2D eigenvalue weighted by atomic mass is 35.5. The number of ether oxygens (including phenoxy) is 1. The van der Waals surface area contributed by atoms with Crippen LogP contribution in [-0.2, 0) is 17.8 Å². The Labute approximate surface area is 159 Å². The standard InChI is InChI=1S/C19H16ClN3O2S/c1-25-17-7-6-12(8-14(17)20)10-21-18(24)9-13-11-26-19-22-15-4-2-3-5-16(15)23(13)19/h2-8,11H,9-10H2,1H3,(H,21,24). The van der Waals surface area contributed by atoms with E-state index in [1.807, 2.05) is 40.1 Å². The van der Waals surface area contributed by atoms with Gasteiger partial charge in [-0.3, -0.25) is 9.20 Å². The first kappa shape index (κ1) is 16.9. The molecule has 4 rings (SSSR count). The number of benzene rings is 2. The SMILES string of the molecule is COc1ccc(CNC(=O)Cc2csc3nc4ccccc4n23)cc1Cl. The van der Waals surface area contributed by atoms with Gasteiger partial charge in [0.25, 0.3) is 0 Å². The zero-order valence-corrected chi connectivity index (χ0v) is 15.6. The Hall–Kier alpha value is -2.57. The number of hydrogen-bond acceptors (Lipinski definition) is 4. The molecule has 132 valence electrons. The molecule has 1 N–H and O–H groups in total. The Kier molecular flexibility index (Phi) is 4.53. The molecule has 0 radical (unpaired) electrons. The molecule has 0 saturated heterocycles. The number of fused-ring (bicyclic) bond motifs is 3. The minimum Gasteiger partial charge on any atom is -0.495 e. The van der Waals surface area contributed by atoms with E-state index in [2.05, 4.69) is 10.3 Å². The second-order valence-electron chi connectivity index (χ2n) is 5.87. The summed E-state index contributed by atoms with van der Waals surface area (Å²) >= 11 is 7.66. The summed E-state index contributed by atoms with van der Waals surface area (Å²) in [7, 11) is 1.57. The predicted molar refractivity (Wildman–Crippen MR) is 104 cm³/mol. The maximum Gasteiger partial charge on any atom is 0.226 e. The molecule has 0 saturated carbocycles. The number of carbonyl (C=O) groups excluding carboxylic acids is 1. The van der Waals surface area contributed by atoms with E-state index in [1.165, 1.54) is 0 Å². The van der Waals surface area contributed by atoms with Crippen LogP contribution < -0.4 is 10.1 Å². The van der Waals surface area contributed by atoms with Gasteiger partial charge in [-0.05, 0) is 29.8 Å². The van der Waals surface area contributed by atoms with Gasteiger partial charge in [0, 0.05) is 17.6 Å². The highest BCUT2D eigenvalue weighted by Crippen LogP contribution is 2.25. The van der Waals surface area contributed by atoms with Crippen LogP contribution in [0.2, 0.25) is 5.02 Å². The van der Waals surface area contributed by atoms with E-state index in [0.29, 0.717) is 23.7 Å². The van der Waals surface area contributed by atoms with Crippen molar-refractivity contribution in [3.8, 4) is 5.75 Å². The fraction of sp³-hybridized carbons (Fsp3) is 0.158. The molecule has 0 bridgehead atoms. The van der Waals surface area contributed by atoms with Crippen molar-refractivity contribution in [1.29, 1.82) is 0 Å². The second kappa shape index (κ2) is 6.97. The average molecular weight is 386 g/mol. The Balaban J connectivity index is 1.48. The van der Waals surface area contributed by atoms with E-state index in [1.54, 1.807) is 30.6 Å². The third-order valence-electron chi connectivity index (χ3n) is 4.17. The van der Waals surface area contributed by atoms with Crippen molar-refractivity contribution >= 4 is 44.8 Å². The number of para-hydroxylation sites is 2. The molecule has 1 amide bonds. The van der Waals surface area contributed by atoms with Crippen LogP contribution in [-0.4, -0.2) is 22.4 Å². The Morgan fingerprint density at radius 3 is 2.96 bits per heavy atom. The number of hydrogen-bond donors (Lipinski definition) is 1. The highest BCUT2D eigenvalue weighted by Gasteiger charge is 2.13. The van der Waals surface area contributed by atoms with Crippen molar-refractivity contribution in [1.82, 2.24) is 14.7 Å². The summed E-state index contributed by atoms with van der Waals surface area (Å²) in [6, 6.07) is 13.4. The number of halogens is 1. The molecule has 5 nitrogen and oxygen atoms in total. The van der Waals surface area contributed by atoms with E-state index >= 15 is 0 Å². The number of nitrogens with one attached hydrogen (secondary N) is 1. The number of methoxy groups -OCH3 is 1. The smallest absolute Gasteiger partial charge is 0.226 e. The lowest BCUT2D eigenvalue weighted by Gasteiger charge is -2.08. The van der Waals surface area contributed by atoms with E-state index in [9.17, 15) is 4.79 Å². The first-order valence-corrected chi connectivity index (χ1v) is 9.34. The normalized spacial score (nSPS) is 11.2. The van der Waals surface area contributed by atoms with E-state index < -0.39 is 0 Å². The lowest BCUT2D eigenvalue weighted by molar-refractivity contribution is -0.120. The minimum absolute atomic E-state index is 0.0468. The lowest BCUT2D eigenvalue weighted by atomic mass is 10.2. The van der Waals surface area contributed by atoms with E-state index in [4.69, 9.17) is 16.3 Å². The number of carbonyl (C=O) groups is 1. The molecule has 4 aromatic rings. The molecule has 26 heavy (non-hydrogen) atoms. The molecule has 2 aromatic heterocycles. The monoisotopic (exact) mass is 385 g/mol. The van der Waals surface area contributed by atoms with Gasteiger partial charge in [0.2, 0.25) is 5.91 Å². The van der Waals surface area contributed by atoms with Gasteiger partial charge < -0.3 is 10.1 Å². The molecular formula is C19H16ClN3O2S. The highest BCUT2D eigenvalue weighted by molar-refractivity contribution is 7.15. The zero-order valence-electron chi connectivity index (χ0n) is 14.0. The number of thiazole rings is 1. The van der Waals surface area contributed by atoms with Crippen LogP contribution in [0.3, 0.4) is 0 Å². The van der Waals surface area contributed by atoms with Gasteiger partial charge in [0.15, 0.2) is 4.96 Å². The number of amides is 1. The van der Waals surface area contributed by atoms with Gasteiger partial charge >= 0.3 is 0 Å². The molecule has 7 heteroatoms. The molecule has 0 unspecified atom stereocenters. The van der Waals surface area contributed by atoms with Gasteiger partial charge in [0.1, 0.15) is 5.75 Å². The van der Waals surface area contributed by atoms with Gasteiger partial charge in [0.05, 0.1) is 29.6 Å². The van der Waals surface area contributed by atoms with Crippen molar-refractivity contribution in [2.24, 2.45) is 0 Å². The molecule has 2 heterocycles. The summed E-state index contributed by atoms with van der Waals surface area (Å²) in [5.74, 6) is 0.573. The fourth-order valence-electron chi connectivity index (χ4n) is 2.90. The average Bonchev–Trinajstić information content (AvgIpc) is 3.20. The minimum atomic E-state index is -0.0468. The molecule has 2 aromatic carbocycles. The third-order valence-corrected chi connectivity index (χ3v) is 5.34. The van der Waals surface area contributed by atoms with Crippen LogP contribution in [0.25, 0.3) is 16.0 Å². The maximum absolute atomic E-state index is 12.4. The van der Waals surface area contributed by atoms with Crippen LogP contribution >= 0.6 is 22.9 Å². The Morgan fingerprint density at radius 1 is 1.31 bits per heavy atom. The molecule has 0 aliphatic rings. The van der Waals surface area contributed by atoms with Crippen LogP contribution in [0.4, 0.5) is 0 Å². The Morgan fingerprint density at radius 2 is 2.15 bits per heavy atom. The molecule has 0 spiro atoms. The van der Waals surface area contributed by atoms with Crippen molar-refractivity contribution in [3.63, 3.8) is 0 Å². The fourth-order valence-corrected chi connectivity index (χ4v) is 4.08. The topological polar surface area (TPSA) is 55.6 Å². The van der Waals surface area contributed by atoms with Gasteiger partial charge in [-0.15, -0.1) is 11.3 Å². The number of aromatic nitrogens is 2. The van der Waals surface area contributed by atoms with Crippen molar-refractivity contribution in [3.05, 3.63) is 64.1 Å². The third kappa shape index (κ3) is 3.13. The quantitative estimate of drug-likeness (QED) is 0.563. The number of nitrogens with zero attached hydrogens (tertiary/aromatic N) is 2. The molecule has 0 fully saturated rings. The summed E-state index contributed by atoms with van der Waals surface area (Å²) < 4.78 is 7.18. The summed E-state index contributed by atoms with van der Waals surface area (Å²) in [6.07, 6.45) is 0.296. The van der Waals surface area contributed by atoms with Crippen molar-refractivity contribution < 1.29 is 9.53 Å². The van der Waals surface area contributed by atoms with Gasteiger partial charge in [-0.25, -0.2) is 4.98 Å². The van der Waals surface area contributed by atoms with Gasteiger partial charge in [-0.1, -0.05) is 29.8 Å². The lowest BCUT2D eigenvalue weighted by Crippen LogP contribution is -2.25. The molecule has 0 aliphatic carbocycles. The summed E-state index contributed by atoms with van der Waals surface area (Å²) in [4.78, 5) is 17.9. The molecule has 0 aliphatic heterocycles. The van der Waals surface area contributed by atoms with Crippen LogP contribution in [0.15, 0.2) is 47.8 Å². The summed E-state index contributed by atoms with van der Waals surface area (Å²) in [5.41, 5.74) is 3.82. The first-order valence-electron chi connectivity index (χ1n) is 8.08. The van der Waals surface area contributed by atoms with Crippen molar-refractivity contribution in [2.75, 3.05) is 7.11 Å². The van der Waals surface area contributed by atoms with Crippen LogP contribution in [0.1, 0.15) is 11.3 Å². The van der Waals surface area contributed by atoms with E-state index in [-0.39, 0.29) is 5.91 Å². The Bertz CT molecular complexity index is 1100. The summed E-state index contributed by atoms with van der Waals surface area (Å²) in [5, 5.41) is 5.46.